The summed E-state index contributed by atoms with van der Waals surface area (Å²) in [6.45, 7) is 2.23. The highest BCUT2D eigenvalue weighted by Crippen LogP contribution is 2.02. The van der Waals surface area contributed by atoms with E-state index in [9.17, 15) is 4.79 Å². The summed E-state index contributed by atoms with van der Waals surface area (Å²) in [6, 6.07) is 0. The number of carbonyl (C=O) groups excluding carboxylic acids is 1. The second-order valence-electron chi connectivity index (χ2n) is 3.83. The van der Waals surface area contributed by atoms with Crippen molar-refractivity contribution >= 4 is 21.8 Å². The molecule has 1 fully saturated rings. The molecule has 1 unspecified atom stereocenters. The molecule has 0 radical (unpaired) electrons. The van der Waals surface area contributed by atoms with E-state index in [2.05, 4.69) is 21.2 Å². The number of hydrogen-bond donors (Lipinski definition) is 1. The molecule has 1 saturated heterocycles. The minimum absolute atomic E-state index is 0.0415. The molecule has 16 heavy (non-hydrogen) atoms. The van der Waals surface area contributed by atoms with Crippen molar-refractivity contribution in [2.24, 2.45) is 0 Å². The molecule has 0 aromatic rings. The van der Waals surface area contributed by atoms with E-state index in [0.717, 1.165) is 24.7 Å². The van der Waals surface area contributed by atoms with Crippen LogP contribution in [0, 0.1) is 0 Å². The van der Waals surface area contributed by atoms with Gasteiger partial charge in [0.25, 0.3) is 5.91 Å². The molecule has 1 N–H and O–H groups in total. The van der Waals surface area contributed by atoms with Gasteiger partial charge >= 0.3 is 0 Å². The molecule has 0 saturated carbocycles. The fourth-order valence-electron chi connectivity index (χ4n) is 1.54. The number of unbranched alkanes of at least 4 members (excludes halogenated alkanes) is 3. The van der Waals surface area contributed by atoms with Gasteiger partial charge in [0.2, 0.25) is 0 Å². The quantitative estimate of drug-likeness (QED) is 0.571. The molecule has 1 aliphatic rings. The third-order valence-corrected chi connectivity index (χ3v) is 3.03. The van der Waals surface area contributed by atoms with Gasteiger partial charge in [-0.3, -0.25) is 4.79 Å². The summed E-state index contributed by atoms with van der Waals surface area (Å²) in [4.78, 5) is 11.6. The Morgan fingerprint density at radius 3 is 2.75 bits per heavy atom. The fraction of sp³-hybridized carbons (Fsp3) is 0.909. The van der Waals surface area contributed by atoms with E-state index in [1.807, 2.05) is 0 Å². The fourth-order valence-corrected chi connectivity index (χ4v) is 1.93. The van der Waals surface area contributed by atoms with Gasteiger partial charge in [-0.1, -0.05) is 28.8 Å². The first-order chi connectivity index (χ1) is 7.84. The normalized spacial score (nSPS) is 20.7. The Morgan fingerprint density at radius 2 is 2.06 bits per heavy atom. The zero-order chi connectivity index (χ0) is 11.6. The molecule has 0 aromatic heterocycles. The van der Waals surface area contributed by atoms with Gasteiger partial charge in [-0.15, -0.1) is 0 Å². The zero-order valence-corrected chi connectivity index (χ0v) is 11.1. The predicted octanol–water partition coefficient (Wildman–Crippen LogP) is 1.47. The lowest BCUT2D eigenvalue weighted by Crippen LogP contribution is -2.43. The van der Waals surface area contributed by atoms with Crippen LogP contribution in [0.5, 0.6) is 0 Å². The number of alkyl halides is 1. The molecule has 1 heterocycles. The average Bonchev–Trinajstić information content (AvgIpc) is 2.34. The van der Waals surface area contributed by atoms with Crippen LogP contribution in [0.25, 0.3) is 0 Å². The molecule has 0 spiro atoms. The highest BCUT2D eigenvalue weighted by atomic mass is 79.9. The molecule has 0 bridgehead atoms. The van der Waals surface area contributed by atoms with Crippen LogP contribution in [0.15, 0.2) is 0 Å². The summed E-state index contributed by atoms with van der Waals surface area (Å²) in [5.41, 5.74) is 0. The SMILES string of the molecule is O=C(NCCCCCCBr)C1COCCO1. The van der Waals surface area contributed by atoms with Gasteiger partial charge in [-0.05, 0) is 12.8 Å². The van der Waals surface area contributed by atoms with Crippen LogP contribution in [-0.2, 0) is 14.3 Å². The minimum atomic E-state index is -0.406. The molecule has 0 aliphatic carbocycles. The molecule has 94 valence electrons. The highest BCUT2D eigenvalue weighted by molar-refractivity contribution is 9.09. The lowest BCUT2D eigenvalue weighted by molar-refractivity contribution is -0.147. The summed E-state index contributed by atoms with van der Waals surface area (Å²) in [7, 11) is 0. The first kappa shape index (κ1) is 13.9. The molecule has 1 rings (SSSR count). The number of carbonyl (C=O) groups is 1. The van der Waals surface area contributed by atoms with E-state index in [4.69, 9.17) is 9.47 Å². The van der Waals surface area contributed by atoms with Crippen molar-refractivity contribution in [1.82, 2.24) is 5.32 Å². The van der Waals surface area contributed by atoms with E-state index < -0.39 is 6.10 Å². The molecule has 1 aliphatic heterocycles. The van der Waals surface area contributed by atoms with Crippen molar-refractivity contribution in [3.63, 3.8) is 0 Å². The van der Waals surface area contributed by atoms with E-state index >= 15 is 0 Å². The van der Waals surface area contributed by atoms with Gasteiger partial charge < -0.3 is 14.8 Å². The minimum Gasteiger partial charge on any atom is -0.376 e. The van der Waals surface area contributed by atoms with Gasteiger partial charge in [0.15, 0.2) is 6.10 Å². The maximum absolute atomic E-state index is 11.6. The van der Waals surface area contributed by atoms with E-state index in [1.54, 1.807) is 0 Å². The van der Waals surface area contributed by atoms with Gasteiger partial charge in [-0.25, -0.2) is 0 Å². The van der Waals surface area contributed by atoms with Crippen molar-refractivity contribution in [2.75, 3.05) is 31.7 Å². The Labute approximate surface area is 105 Å². The standard InChI is InChI=1S/C11H20BrNO3/c12-5-3-1-2-4-6-13-11(14)10-9-15-7-8-16-10/h10H,1-9H2,(H,13,14). The third-order valence-electron chi connectivity index (χ3n) is 2.47. The maximum atomic E-state index is 11.6. The van der Waals surface area contributed by atoms with E-state index in [-0.39, 0.29) is 5.91 Å². The Balaban J connectivity index is 1.97. The van der Waals surface area contributed by atoms with Crippen molar-refractivity contribution < 1.29 is 14.3 Å². The molecule has 4 nitrogen and oxygen atoms in total. The van der Waals surface area contributed by atoms with Crippen LogP contribution < -0.4 is 5.32 Å². The maximum Gasteiger partial charge on any atom is 0.251 e. The van der Waals surface area contributed by atoms with Crippen LogP contribution in [-0.4, -0.2) is 43.7 Å². The monoisotopic (exact) mass is 293 g/mol. The Kier molecular flexibility index (Phi) is 7.80. The highest BCUT2D eigenvalue weighted by Gasteiger charge is 2.21. The lowest BCUT2D eigenvalue weighted by atomic mass is 10.2. The van der Waals surface area contributed by atoms with Crippen molar-refractivity contribution in [3.8, 4) is 0 Å². The zero-order valence-electron chi connectivity index (χ0n) is 9.54. The number of ether oxygens (including phenoxy) is 2. The van der Waals surface area contributed by atoms with Crippen LogP contribution in [0.2, 0.25) is 0 Å². The Hall–Kier alpha value is -0.130. The summed E-state index contributed by atoms with van der Waals surface area (Å²) >= 11 is 3.39. The van der Waals surface area contributed by atoms with Gasteiger partial charge in [0.1, 0.15) is 0 Å². The first-order valence-electron chi connectivity index (χ1n) is 5.87. The summed E-state index contributed by atoms with van der Waals surface area (Å²) in [5.74, 6) is -0.0415. The number of halogens is 1. The van der Waals surface area contributed by atoms with Gasteiger partial charge in [0.05, 0.1) is 19.8 Å². The topological polar surface area (TPSA) is 47.6 Å². The van der Waals surface area contributed by atoms with Crippen LogP contribution in [0.4, 0.5) is 0 Å². The second-order valence-corrected chi connectivity index (χ2v) is 4.62. The largest absolute Gasteiger partial charge is 0.376 e. The Bertz CT molecular complexity index is 196. The summed E-state index contributed by atoms with van der Waals surface area (Å²) < 4.78 is 10.5. The number of amides is 1. The van der Waals surface area contributed by atoms with Crippen molar-refractivity contribution in [1.29, 1.82) is 0 Å². The van der Waals surface area contributed by atoms with Crippen molar-refractivity contribution in [3.05, 3.63) is 0 Å². The third kappa shape index (κ3) is 5.82. The van der Waals surface area contributed by atoms with Crippen molar-refractivity contribution in [2.45, 2.75) is 31.8 Å². The number of rotatable bonds is 7. The second kappa shape index (κ2) is 8.96. The smallest absolute Gasteiger partial charge is 0.251 e. The summed E-state index contributed by atoms with van der Waals surface area (Å²) in [6.07, 6.45) is 4.20. The van der Waals surface area contributed by atoms with Crippen LogP contribution in [0.1, 0.15) is 25.7 Å². The average molecular weight is 294 g/mol. The van der Waals surface area contributed by atoms with Crippen LogP contribution >= 0.6 is 15.9 Å². The van der Waals surface area contributed by atoms with E-state index in [1.165, 1.54) is 12.8 Å². The first-order valence-corrected chi connectivity index (χ1v) is 7.00. The number of hydrogen-bond acceptors (Lipinski definition) is 3. The predicted molar refractivity (Wildman–Crippen MR) is 65.8 cm³/mol. The molecular formula is C11H20BrNO3. The molecule has 1 amide bonds. The number of nitrogens with one attached hydrogen (secondary N) is 1. The van der Waals surface area contributed by atoms with Gasteiger partial charge in [0, 0.05) is 11.9 Å². The molecule has 1 atom stereocenters. The van der Waals surface area contributed by atoms with Gasteiger partial charge in [-0.2, -0.15) is 0 Å². The lowest BCUT2D eigenvalue weighted by Gasteiger charge is -2.21. The molecule has 0 aromatic carbocycles. The Morgan fingerprint density at radius 1 is 1.25 bits per heavy atom. The summed E-state index contributed by atoms with van der Waals surface area (Å²) in [5, 5.41) is 3.94. The van der Waals surface area contributed by atoms with E-state index in [0.29, 0.717) is 19.8 Å². The molecular weight excluding hydrogens is 274 g/mol. The van der Waals surface area contributed by atoms with Crippen LogP contribution in [0.3, 0.4) is 0 Å². The molecule has 5 heteroatoms.